The van der Waals surface area contributed by atoms with Crippen molar-refractivity contribution in [2.24, 2.45) is 0 Å². The molecule has 0 aromatic heterocycles. The molecule has 88 valence electrons. The lowest BCUT2D eigenvalue weighted by molar-refractivity contribution is 0.220. The fourth-order valence-corrected chi connectivity index (χ4v) is 1.90. The van der Waals surface area contributed by atoms with E-state index in [0.29, 0.717) is 5.02 Å². The van der Waals surface area contributed by atoms with Crippen LogP contribution in [0.5, 0.6) is 0 Å². The van der Waals surface area contributed by atoms with Gasteiger partial charge >= 0.3 is 0 Å². The first-order valence-electron chi connectivity index (χ1n) is 5.73. The zero-order valence-corrected chi connectivity index (χ0v) is 10.5. The van der Waals surface area contributed by atoms with Gasteiger partial charge in [-0.25, -0.2) is 0 Å². The second-order valence-electron chi connectivity index (χ2n) is 4.05. The second-order valence-corrected chi connectivity index (χ2v) is 4.49. The number of benzene rings is 2. The fourth-order valence-electron chi connectivity index (χ4n) is 1.77. The van der Waals surface area contributed by atoms with Gasteiger partial charge in [0.15, 0.2) is 0 Å². The summed E-state index contributed by atoms with van der Waals surface area (Å²) in [6, 6.07) is 15.3. The summed E-state index contributed by atoms with van der Waals surface area (Å²) in [5.74, 6) is 0. The van der Waals surface area contributed by atoms with E-state index in [4.69, 9.17) is 11.6 Å². The Labute approximate surface area is 107 Å². The van der Waals surface area contributed by atoms with Crippen molar-refractivity contribution in [3.63, 3.8) is 0 Å². The predicted octanol–water partition coefficient (Wildman–Crippen LogP) is 3.98. The zero-order valence-electron chi connectivity index (χ0n) is 9.73. The molecule has 1 atom stereocenters. The number of aliphatic hydroxyl groups excluding tert-OH is 1. The van der Waals surface area contributed by atoms with Crippen LogP contribution in [-0.2, 0) is 6.42 Å². The summed E-state index contributed by atoms with van der Waals surface area (Å²) in [6.07, 6.45) is 0.426. The third-order valence-electron chi connectivity index (χ3n) is 2.89. The van der Waals surface area contributed by atoms with Crippen molar-refractivity contribution in [3.8, 4) is 0 Å². The molecule has 0 fully saturated rings. The summed E-state index contributed by atoms with van der Waals surface area (Å²) in [5.41, 5.74) is 3.04. The Hall–Kier alpha value is -1.31. The van der Waals surface area contributed by atoms with E-state index in [1.54, 1.807) is 12.1 Å². The monoisotopic (exact) mass is 246 g/mol. The second kappa shape index (κ2) is 5.35. The summed E-state index contributed by atoms with van der Waals surface area (Å²) in [5, 5.41) is 10.9. The number of aliphatic hydroxyl groups is 1. The van der Waals surface area contributed by atoms with Crippen LogP contribution < -0.4 is 0 Å². The third-order valence-corrected chi connectivity index (χ3v) is 3.14. The number of aryl methyl sites for hydroxylation is 1. The SMILES string of the molecule is CCc1ccc([C@@H](O)c2ccc(Cl)cc2)cc1. The van der Waals surface area contributed by atoms with Crippen LogP contribution in [0.3, 0.4) is 0 Å². The van der Waals surface area contributed by atoms with Crippen molar-refractivity contribution in [2.75, 3.05) is 0 Å². The standard InChI is InChI=1S/C15H15ClO/c1-2-11-3-5-12(6-4-11)15(17)13-7-9-14(16)10-8-13/h3-10,15,17H,2H2,1H3/t15-/m1/s1. The molecule has 1 N–H and O–H groups in total. The van der Waals surface area contributed by atoms with E-state index >= 15 is 0 Å². The minimum Gasteiger partial charge on any atom is -0.384 e. The molecule has 0 saturated carbocycles. The highest BCUT2D eigenvalue weighted by molar-refractivity contribution is 6.30. The lowest BCUT2D eigenvalue weighted by atomic mass is 10.00. The number of rotatable bonds is 3. The van der Waals surface area contributed by atoms with Crippen molar-refractivity contribution < 1.29 is 5.11 Å². The van der Waals surface area contributed by atoms with E-state index < -0.39 is 6.10 Å². The molecule has 2 aromatic carbocycles. The van der Waals surface area contributed by atoms with E-state index in [1.165, 1.54) is 5.56 Å². The van der Waals surface area contributed by atoms with E-state index in [1.807, 2.05) is 24.3 Å². The van der Waals surface area contributed by atoms with Crippen molar-refractivity contribution in [2.45, 2.75) is 19.4 Å². The Morgan fingerprint density at radius 2 is 1.41 bits per heavy atom. The zero-order chi connectivity index (χ0) is 12.3. The first-order chi connectivity index (χ1) is 8.20. The van der Waals surface area contributed by atoms with Crippen LogP contribution in [0.2, 0.25) is 5.02 Å². The molecule has 2 heteroatoms. The van der Waals surface area contributed by atoms with Crippen molar-refractivity contribution in [1.29, 1.82) is 0 Å². The van der Waals surface area contributed by atoms with Gasteiger partial charge in [0.25, 0.3) is 0 Å². The molecule has 0 aliphatic rings. The Kier molecular flexibility index (Phi) is 3.82. The highest BCUT2D eigenvalue weighted by Crippen LogP contribution is 2.23. The average Bonchev–Trinajstić information content (AvgIpc) is 2.39. The quantitative estimate of drug-likeness (QED) is 0.869. The van der Waals surface area contributed by atoms with Crippen LogP contribution in [0.25, 0.3) is 0 Å². The Balaban J connectivity index is 2.23. The summed E-state index contributed by atoms with van der Waals surface area (Å²) in [4.78, 5) is 0. The van der Waals surface area contributed by atoms with Gasteiger partial charge in [-0.15, -0.1) is 0 Å². The van der Waals surface area contributed by atoms with Gasteiger partial charge in [-0.1, -0.05) is 54.9 Å². The molecule has 0 heterocycles. The highest BCUT2D eigenvalue weighted by atomic mass is 35.5. The molecule has 2 rings (SSSR count). The molecule has 0 amide bonds. The first kappa shape index (κ1) is 12.2. The van der Waals surface area contributed by atoms with Crippen LogP contribution in [0.1, 0.15) is 29.7 Å². The van der Waals surface area contributed by atoms with Crippen molar-refractivity contribution in [3.05, 3.63) is 70.2 Å². The number of hydrogen-bond acceptors (Lipinski definition) is 1. The molecule has 0 unspecified atom stereocenters. The minimum atomic E-state index is -0.585. The highest BCUT2D eigenvalue weighted by Gasteiger charge is 2.09. The Morgan fingerprint density at radius 3 is 1.88 bits per heavy atom. The third kappa shape index (κ3) is 2.87. The minimum absolute atomic E-state index is 0.585. The Morgan fingerprint density at radius 1 is 0.941 bits per heavy atom. The average molecular weight is 247 g/mol. The molecule has 0 bridgehead atoms. The smallest absolute Gasteiger partial charge is 0.104 e. The maximum Gasteiger partial charge on any atom is 0.104 e. The maximum atomic E-state index is 10.2. The molecule has 1 nitrogen and oxygen atoms in total. The van der Waals surface area contributed by atoms with Gasteiger partial charge in [0, 0.05) is 5.02 Å². The molecule has 0 saturated heterocycles. The van der Waals surface area contributed by atoms with Crippen LogP contribution in [0, 0.1) is 0 Å². The van der Waals surface area contributed by atoms with Crippen LogP contribution in [0.15, 0.2) is 48.5 Å². The molecule has 0 aliphatic heterocycles. The largest absolute Gasteiger partial charge is 0.384 e. The van der Waals surface area contributed by atoms with Gasteiger partial charge in [0.05, 0.1) is 0 Å². The van der Waals surface area contributed by atoms with Gasteiger partial charge in [-0.3, -0.25) is 0 Å². The summed E-state index contributed by atoms with van der Waals surface area (Å²) >= 11 is 5.82. The molecule has 0 spiro atoms. The van der Waals surface area contributed by atoms with Crippen LogP contribution in [0.4, 0.5) is 0 Å². The van der Waals surface area contributed by atoms with Crippen LogP contribution in [-0.4, -0.2) is 5.11 Å². The molecular weight excluding hydrogens is 232 g/mol. The lowest BCUT2D eigenvalue weighted by Crippen LogP contribution is -1.99. The van der Waals surface area contributed by atoms with Gasteiger partial charge in [-0.2, -0.15) is 0 Å². The van der Waals surface area contributed by atoms with Gasteiger partial charge < -0.3 is 5.11 Å². The molecule has 0 radical (unpaired) electrons. The van der Waals surface area contributed by atoms with Gasteiger partial charge in [-0.05, 0) is 35.2 Å². The number of hydrogen-bond donors (Lipinski definition) is 1. The Bertz CT molecular complexity index is 473. The topological polar surface area (TPSA) is 20.2 Å². The first-order valence-corrected chi connectivity index (χ1v) is 6.11. The van der Waals surface area contributed by atoms with Crippen molar-refractivity contribution in [1.82, 2.24) is 0 Å². The molecule has 0 aliphatic carbocycles. The summed E-state index contributed by atoms with van der Waals surface area (Å²) < 4.78 is 0. The van der Waals surface area contributed by atoms with Gasteiger partial charge in [0.2, 0.25) is 0 Å². The predicted molar refractivity (Wildman–Crippen MR) is 71.3 cm³/mol. The molecular formula is C15H15ClO. The van der Waals surface area contributed by atoms with E-state index in [9.17, 15) is 5.11 Å². The molecule has 17 heavy (non-hydrogen) atoms. The van der Waals surface area contributed by atoms with Crippen LogP contribution >= 0.6 is 11.6 Å². The summed E-state index contributed by atoms with van der Waals surface area (Å²) in [6.45, 7) is 2.12. The lowest BCUT2D eigenvalue weighted by Gasteiger charge is -2.12. The fraction of sp³-hybridized carbons (Fsp3) is 0.200. The van der Waals surface area contributed by atoms with E-state index in [0.717, 1.165) is 17.5 Å². The van der Waals surface area contributed by atoms with Gasteiger partial charge in [0.1, 0.15) is 6.10 Å². The number of halogens is 1. The maximum absolute atomic E-state index is 10.2. The molecule has 2 aromatic rings. The normalized spacial score (nSPS) is 12.4. The van der Waals surface area contributed by atoms with E-state index in [2.05, 4.69) is 19.1 Å². The van der Waals surface area contributed by atoms with Crippen molar-refractivity contribution >= 4 is 11.6 Å². The van der Waals surface area contributed by atoms with E-state index in [-0.39, 0.29) is 0 Å². The summed E-state index contributed by atoms with van der Waals surface area (Å²) in [7, 11) is 0.